The Hall–Kier alpha value is -3.14. The molecule has 0 aliphatic carbocycles. The zero-order valence-corrected chi connectivity index (χ0v) is 16.6. The molecule has 4 rings (SSSR count). The fraction of sp³-hybridized carbons (Fsp3) is 0.500. The van der Waals surface area contributed by atoms with Crippen LogP contribution in [0.3, 0.4) is 0 Å². The van der Waals surface area contributed by atoms with Crippen molar-refractivity contribution in [3.05, 3.63) is 28.7 Å². The van der Waals surface area contributed by atoms with Crippen LogP contribution < -0.4 is 15.9 Å². The molecule has 2 amide bonds. The Kier molecular flexibility index (Phi) is 4.89. The van der Waals surface area contributed by atoms with Gasteiger partial charge in [0.05, 0.1) is 23.1 Å². The number of anilines is 1. The second-order valence-electron chi connectivity index (χ2n) is 8.13. The van der Waals surface area contributed by atoms with Crippen LogP contribution in [0, 0.1) is 0 Å². The number of carbonyl (C=O) groups excluding carboxylic acids is 2. The highest BCUT2D eigenvalue weighted by Crippen LogP contribution is 2.31. The number of imide groups is 1. The minimum absolute atomic E-state index is 0.185. The van der Waals surface area contributed by atoms with Gasteiger partial charge in [-0.3, -0.25) is 28.8 Å². The predicted molar refractivity (Wildman–Crippen MR) is 107 cm³/mol. The predicted octanol–water partition coefficient (Wildman–Crippen LogP) is 0.124. The van der Waals surface area contributed by atoms with Crippen molar-refractivity contribution in [1.29, 1.82) is 0 Å². The number of aliphatic hydroxyl groups is 1. The van der Waals surface area contributed by atoms with Gasteiger partial charge in [0.15, 0.2) is 0 Å². The van der Waals surface area contributed by atoms with E-state index in [2.05, 4.69) is 5.32 Å². The van der Waals surface area contributed by atoms with Crippen molar-refractivity contribution >= 4 is 34.5 Å². The van der Waals surface area contributed by atoms with Crippen molar-refractivity contribution < 1.29 is 24.6 Å². The molecule has 0 saturated carbocycles. The van der Waals surface area contributed by atoms with Crippen molar-refractivity contribution in [3.63, 3.8) is 0 Å². The summed E-state index contributed by atoms with van der Waals surface area (Å²) in [6.07, 6.45) is 0.869. The van der Waals surface area contributed by atoms with Crippen LogP contribution in [0.1, 0.15) is 38.1 Å². The van der Waals surface area contributed by atoms with Crippen LogP contribution in [-0.2, 0) is 21.4 Å². The summed E-state index contributed by atoms with van der Waals surface area (Å²) >= 11 is 0. The van der Waals surface area contributed by atoms with Gasteiger partial charge >= 0.3 is 11.7 Å². The van der Waals surface area contributed by atoms with Crippen molar-refractivity contribution in [2.75, 3.05) is 18.0 Å². The summed E-state index contributed by atoms with van der Waals surface area (Å²) in [6.45, 7) is 0.994. The second-order valence-corrected chi connectivity index (χ2v) is 8.13. The standard InChI is InChI=1S/C20H24N4O6/c1-22-15-10-12(23-8-6-20(30,7-9-23)11-17(26)27)2-3-13(15)24(19(22)29)14-4-5-16(25)21-18(14)28/h2-3,10,14,30H,4-9,11H2,1H3,(H,26,27)(H,21,25,28). The van der Waals surface area contributed by atoms with Crippen molar-refractivity contribution in [3.8, 4) is 0 Å². The first kappa shape index (κ1) is 20.1. The molecule has 160 valence electrons. The van der Waals surface area contributed by atoms with Crippen LogP contribution in [0.15, 0.2) is 23.0 Å². The number of imidazole rings is 1. The van der Waals surface area contributed by atoms with Crippen LogP contribution in [0.25, 0.3) is 11.0 Å². The largest absolute Gasteiger partial charge is 0.481 e. The number of hydrogen-bond acceptors (Lipinski definition) is 6. The van der Waals surface area contributed by atoms with Gasteiger partial charge in [0.1, 0.15) is 6.04 Å². The van der Waals surface area contributed by atoms with Crippen LogP contribution >= 0.6 is 0 Å². The molecule has 2 fully saturated rings. The summed E-state index contributed by atoms with van der Waals surface area (Å²) in [7, 11) is 1.64. The zero-order chi connectivity index (χ0) is 21.6. The van der Waals surface area contributed by atoms with Crippen molar-refractivity contribution in [2.45, 2.75) is 43.7 Å². The average Bonchev–Trinajstić information content (AvgIpc) is 2.92. The molecule has 0 radical (unpaired) electrons. The molecule has 1 aromatic carbocycles. The Balaban J connectivity index is 1.63. The summed E-state index contributed by atoms with van der Waals surface area (Å²) in [4.78, 5) is 49.6. The lowest BCUT2D eigenvalue weighted by Crippen LogP contribution is -2.45. The monoisotopic (exact) mass is 416 g/mol. The summed E-state index contributed by atoms with van der Waals surface area (Å²) in [5.74, 6) is -1.82. The molecule has 2 saturated heterocycles. The fourth-order valence-corrected chi connectivity index (χ4v) is 4.42. The summed E-state index contributed by atoms with van der Waals surface area (Å²) in [6, 6.07) is 4.77. The Morgan fingerprint density at radius 2 is 1.90 bits per heavy atom. The number of carboxylic acids is 1. The molecule has 3 N–H and O–H groups in total. The Bertz CT molecular complexity index is 1090. The van der Waals surface area contributed by atoms with E-state index in [-0.39, 0.29) is 30.9 Å². The van der Waals surface area contributed by atoms with E-state index in [4.69, 9.17) is 5.11 Å². The second kappa shape index (κ2) is 7.28. The van der Waals surface area contributed by atoms with E-state index < -0.39 is 23.5 Å². The number of aromatic nitrogens is 2. The molecule has 2 aliphatic rings. The maximum Gasteiger partial charge on any atom is 0.329 e. The van der Waals surface area contributed by atoms with E-state index in [9.17, 15) is 24.3 Å². The molecule has 1 aromatic heterocycles. The number of carboxylic acid groups (broad SMARTS) is 1. The number of nitrogens with one attached hydrogen (secondary N) is 1. The average molecular weight is 416 g/mol. The highest BCUT2D eigenvalue weighted by Gasteiger charge is 2.35. The number of aryl methyl sites for hydroxylation is 1. The lowest BCUT2D eigenvalue weighted by molar-refractivity contribution is -0.143. The molecule has 2 aromatic rings. The van der Waals surface area contributed by atoms with E-state index in [1.165, 1.54) is 9.13 Å². The number of benzene rings is 1. The molecule has 30 heavy (non-hydrogen) atoms. The van der Waals surface area contributed by atoms with Gasteiger partial charge < -0.3 is 15.1 Å². The van der Waals surface area contributed by atoms with E-state index in [1.807, 2.05) is 17.0 Å². The van der Waals surface area contributed by atoms with Gasteiger partial charge in [-0.1, -0.05) is 0 Å². The first-order valence-corrected chi connectivity index (χ1v) is 9.92. The molecular formula is C20H24N4O6. The van der Waals surface area contributed by atoms with Crippen LogP contribution in [0.5, 0.6) is 0 Å². The first-order valence-electron chi connectivity index (χ1n) is 9.92. The number of amides is 2. The van der Waals surface area contributed by atoms with Crippen LogP contribution in [0.2, 0.25) is 0 Å². The molecule has 0 bridgehead atoms. The lowest BCUT2D eigenvalue weighted by atomic mass is 9.88. The molecule has 10 heteroatoms. The fourth-order valence-electron chi connectivity index (χ4n) is 4.42. The number of hydrogen-bond donors (Lipinski definition) is 3. The number of aliphatic carboxylic acids is 1. The Morgan fingerprint density at radius 1 is 1.20 bits per heavy atom. The summed E-state index contributed by atoms with van der Waals surface area (Å²) < 4.78 is 2.91. The Morgan fingerprint density at radius 3 is 2.53 bits per heavy atom. The molecule has 2 aliphatic heterocycles. The molecule has 1 unspecified atom stereocenters. The molecular weight excluding hydrogens is 392 g/mol. The van der Waals surface area contributed by atoms with Gasteiger partial charge in [-0.15, -0.1) is 0 Å². The lowest BCUT2D eigenvalue weighted by Gasteiger charge is -2.38. The SMILES string of the molecule is Cn1c(=O)n(C2CCC(=O)NC2=O)c2ccc(N3CCC(O)(CC(=O)O)CC3)cc21. The molecule has 10 nitrogen and oxygen atoms in total. The number of nitrogens with zero attached hydrogens (tertiary/aromatic N) is 3. The molecule has 1 atom stereocenters. The maximum atomic E-state index is 12.8. The third kappa shape index (κ3) is 3.47. The quantitative estimate of drug-likeness (QED) is 0.603. The Labute approximate surface area is 171 Å². The number of piperidine rings is 2. The van der Waals surface area contributed by atoms with Crippen LogP contribution in [-0.4, -0.2) is 55.8 Å². The summed E-state index contributed by atoms with van der Waals surface area (Å²) in [5, 5.41) is 21.7. The van der Waals surface area contributed by atoms with E-state index in [0.717, 1.165) is 5.69 Å². The third-order valence-corrected chi connectivity index (χ3v) is 6.13. The van der Waals surface area contributed by atoms with E-state index >= 15 is 0 Å². The summed E-state index contributed by atoms with van der Waals surface area (Å²) in [5.41, 5.74) is 0.602. The normalized spacial score (nSPS) is 21.7. The number of carbonyl (C=O) groups is 3. The minimum Gasteiger partial charge on any atom is -0.481 e. The van der Waals surface area contributed by atoms with E-state index in [0.29, 0.717) is 37.0 Å². The highest BCUT2D eigenvalue weighted by molar-refractivity contribution is 6.00. The molecule has 3 heterocycles. The smallest absolute Gasteiger partial charge is 0.329 e. The number of fused-ring (bicyclic) bond motifs is 1. The minimum atomic E-state index is -1.20. The van der Waals surface area contributed by atoms with E-state index in [1.54, 1.807) is 13.1 Å². The molecule has 0 spiro atoms. The topological polar surface area (TPSA) is 134 Å². The number of rotatable bonds is 4. The third-order valence-electron chi connectivity index (χ3n) is 6.13. The van der Waals surface area contributed by atoms with Gasteiger partial charge in [-0.25, -0.2) is 4.79 Å². The van der Waals surface area contributed by atoms with Gasteiger partial charge in [-0.2, -0.15) is 0 Å². The van der Waals surface area contributed by atoms with Gasteiger partial charge in [-0.05, 0) is 37.5 Å². The maximum absolute atomic E-state index is 12.8. The van der Waals surface area contributed by atoms with Gasteiger partial charge in [0.25, 0.3) is 0 Å². The highest BCUT2D eigenvalue weighted by atomic mass is 16.4. The van der Waals surface area contributed by atoms with Crippen LogP contribution in [0.4, 0.5) is 5.69 Å². The van der Waals surface area contributed by atoms with Crippen molar-refractivity contribution in [2.24, 2.45) is 7.05 Å². The zero-order valence-electron chi connectivity index (χ0n) is 16.6. The van der Waals surface area contributed by atoms with Gasteiger partial charge in [0, 0.05) is 32.2 Å². The van der Waals surface area contributed by atoms with Gasteiger partial charge in [0.2, 0.25) is 11.8 Å². The van der Waals surface area contributed by atoms with Crippen molar-refractivity contribution in [1.82, 2.24) is 14.5 Å². The first-order chi connectivity index (χ1) is 14.2.